The molecule has 0 aromatic heterocycles. The number of nitrogens with one attached hydrogen (secondary N) is 1. The Kier molecular flexibility index (Phi) is 3.49. The molecule has 3 rings (SSSR count). The van der Waals surface area contributed by atoms with Gasteiger partial charge in [-0.3, -0.25) is 4.79 Å². The van der Waals surface area contributed by atoms with Crippen molar-refractivity contribution in [3.05, 3.63) is 64.7 Å². The van der Waals surface area contributed by atoms with Gasteiger partial charge in [-0.2, -0.15) is 0 Å². The molecule has 1 N–H and O–H groups in total. The second-order valence-electron chi connectivity index (χ2n) is 5.26. The molecule has 0 saturated heterocycles. The SMILES string of the molecule is Cc1c(Cl)cccc1NC(=O)[C@H]1C[C@H]1c1ccccc1. The molecule has 1 fully saturated rings. The fourth-order valence-corrected chi connectivity index (χ4v) is 2.70. The Labute approximate surface area is 123 Å². The van der Waals surface area contributed by atoms with Gasteiger partial charge < -0.3 is 5.32 Å². The van der Waals surface area contributed by atoms with Crippen molar-refractivity contribution in [1.82, 2.24) is 0 Å². The number of anilines is 1. The third-order valence-corrected chi connectivity index (χ3v) is 4.29. The van der Waals surface area contributed by atoms with Gasteiger partial charge in [-0.15, -0.1) is 0 Å². The Morgan fingerprint density at radius 2 is 1.90 bits per heavy atom. The monoisotopic (exact) mass is 285 g/mol. The molecule has 0 aliphatic heterocycles. The normalized spacial score (nSPS) is 20.5. The Morgan fingerprint density at radius 3 is 2.65 bits per heavy atom. The van der Waals surface area contributed by atoms with E-state index >= 15 is 0 Å². The molecule has 0 radical (unpaired) electrons. The lowest BCUT2D eigenvalue weighted by Gasteiger charge is -2.09. The highest BCUT2D eigenvalue weighted by atomic mass is 35.5. The molecule has 0 bridgehead atoms. The van der Waals surface area contributed by atoms with Crippen LogP contribution in [0.3, 0.4) is 0 Å². The van der Waals surface area contributed by atoms with Crippen molar-refractivity contribution in [2.24, 2.45) is 5.92 Å². The van der Waals surface area contributed by atoms with E-state index in [2.05, 4.69) is 17.4 Å². The summed E-state index contributed by atoms with van der Waals surface area (Å²) in [4.78, 5) is 12.3. The van der Waals surface area contributed by atoms with Gasteiger partial charge in [0.2, 0.25) is 5.91 Å². The molecule has 0 spiro atoms. The minimum absolute atomic E-state index is 0.0794. The maximum absolute atomic E-state index is 12.3. The fraction of sp³-hybridized carbons (Fsp3) is 0.235. The molecule has 2 aromatic carbocycles. The van der Waals surface area contributed by atoms with Crippen LogP contribution in [0, 0.1) is 12.8 Å². The molecule has 2 nitrogen and oxygen atoms in total. The van der Waals surface area contributed by atoms with Crippen molar-refractivity contribution < 1.29 is 4.79 Å². The van der Waals surface area contributed by atoms with E-state index in [9.17, 15) is 4.79 Å². The smallest absolute Gasteiger partial charge is 0.228 e. The van der Waals surface area contributed by atoms with Crippen LogP contribution in [0.25, 0.3) is 0 Å². The lowest BCUT2D eigenvalue weighted by Crippen LogP contribution is -2.15. The molecule has 102 valence electrons. The van der Waals surface area contributed by atoms with E-state index in [1.54, 1.807) is 0 Å². The van der Waals surface area contributed by atoms with Crippen LogP contribution in [0.15, 0.2) is 48.5 Å². The number of benzene rings is 2. The molecule has 1 amide bonds. The fourth-order valence-electron chi connectivity index (χ4n) is 2.52. The Balaban J connectivity index is 1.69. The average Bonchev–Trinajstić information content (AvgIpc) is 3.25. The molecule has 1 saturated carbocycles. The number of amides is 1. The lowest BCUT2D eigenvalue weighted by molar-refractivity contribution is -0.117. The Hall–Kier alpha value is -1.80. The third kappa shape index (κ3) is 2.56. The van der Waals surface area contributed by atoms with Crippen molar-refractivity contribution in [1.29, 1.82) is 0 Å². The zero-order chi connectivity index (χ0) is 14.1. The van der Waals surface area contributed by atoms with Gasteiger partial charge in [-0.1, -0.05) is 48.0 Å². The standard InChI is InChI=1S/C17H16ClNO/c1-11-15(18)8-5-9-16(11)19-17(20)14-10-13(14)12-6-3-2-4-7-12/h2-9,13-14H,10H2,1H3,(H,19,20)/t13-,14-/m0/s1. The zero-order valence-corrected chi connectivity index (χ0v) is 12.0. The van der Waals surface area contributed by atoms with E-state index in [0.717, 1.165) is 17.7 Å². The zero-order valence-electron chi connectivity index (χ0n) is 11.3. The van der Waals surface area contributed by atoms with Crippen molar-refractivity contribution in [3.63, 3.8) is 0 Å². The highest BCUT2D eigenvalue weighted by Gasteiger charge is 2.43. The first-order chi connectivity index (χ1) is 9.66. The molecule has 1 aliphatic carbocycles. The first kappa shape index (κ1) is 13.2. The number of hydrogen-bond donors (Lipinski definition) is 1. The maximum atomic E-state index is 12.3. The van der Waals surface area contributed by atoms with Crippen LogP contribution in [0.2, 0.25) is 5.02 Å². The van der Waals surface area contributed by atoms with Crippen LogP contribution < -0.4 is 5.32 Å². The molecular weight excluding hydrogens is 270 g/mol. The number of rotatable bonds is 3. The highest BCUT2D eigenvalue weighted by Crippen LogP contribution is 2.48. The van der Waals surface area contributed by atoms with Gasteiger partial charge in [0.05, 0.1) is 0 Å². The van der Waals surface area contributed by atoms with Gasteiger partial charge >= 0.3 is 0 Å². The van der Waals surface area contributed by atoms with Crippen LogP contribution in [-0.4, -0.2) is 5.91 Å². The van der Waals surface area contributed by atoms with Crippen LogP contribution >= 0.6 is 11.6 Å². The predicted molar refractivity (Wildman–Crippen MR) is 82.1 cm³/mol. The van der Waals surface area contributed by atoms with Gasteiger partial charge in [-0.25, -0.2) is 0 Å². The van der Waals surface area contributed by atoms with Crippen molar-refractivity contribution in [2.75, 3.05) is 5.32 Å². The summed E-state index contributed by atoms with van der Waals surface area (Å²) >= 11 is 6.07. The average molecular weight is 286 g/mol. The van der Waals surface area contributed by atoms with Crippen LogP contribution in [0.5, 0.6) is 0 Å². The molecule has 1 aliphatic rings. The Morgan fingerprint density at radius 1 is 1.15 bits per heavy atom. The molecule has 2 atom stereocenters. The largest absolute Gasteiger partial charge is 0.326 e. The summed E-state index contributed by atoms with van der Waals surface area (Å²) in [7, 11) is 0. The lowest BCUT2D eigenvalue weighted by atomic mass is 10.1. The Bertz CT molecular complexity index is 639. The quantitative estimate of drug-likeness (QED) is 0.890. The summed E-state index contributed by atoms with van der Waals surface area (Å²) in [6.45, 7) is 1.92. The summed E-state index contributed by atoms with van der Waals surface area (Å²) in [5, 5.41) is 3.67. The minimum Gasteiger partial charge on any atom is -0.326 e. The maximum Gasteiger partial charge on any atom is 0.228 e. The number of halogens is 1. The van der Waals surface area contributed by atoms with E-state index in [1.165, 1.54) is 5.56 Å². The van der Waals surface area contributed by atoms with Crippen molar-refractivity contribution in [3.8, 4) is 0 Å². The second kappa shape index (κ2) is 5.29. The van der Waals surface area contributed by atoms with Gasteiger partial charge in [-0.05, 0) is 42.5 Å². The predicted octanol–water partition coefficient (Wildman–Crippen LogP) is 4.39. The number of hydrogen-bond acceptors (Lipinski definition) is 1. The molecule has 3 heteroatoms. The molecule has 0 heterocycles. The van der Waals surface area contributed by atoms with E-state index in [0.29, 0.717) is 10.9 Å². The van der Waals surface area contributed by atoms with Crippen LogP contribution in [0.4, 0.5) is 5.69 Å². The summed E-state index contributed by atoms with van der Waals surface area (Å²) < 4.78 is 0. The minimum atomic E-state index is 0.0794. The van der Waals surface area contributed by atoms with Crippen molar-refractivity contribution >= 4 is 23.2 Å². The number of carbonyl (C=O) groups excluding carboxylic acids is 1. The summed E-state index contributed by atoms with van der Waals surface area (Å²) in [6, 6.07) is 15.8. The first-order valence-electron chi connectivity index (χ1n) is 6.77. The molecular formula is C17H16ClNO. The molecule has 0 unspecified atom stereocenters. The van der Waals surface area contributed by atoms with Crippen molar-refractivity contribution in [2.45, 2.75) is 19.3 Å². The van der Waals surface area contributed by atoms with E-state index in [1.807, 2.05) is 43.3 Å². The second-order valence-corrected chi connectivity index (χ2v) is 5.67. The highest BCUT2D eigenvalue weighted by molar-refractivity contribution is 6.31. The topological polar surface area (TPSA) is 29.1 Å². The molecule has 20 heavy (non-hydrogen) atoms. The van der Waals surface area contributed by atoms with Gasteiger partial charge in [0.1, 0.15) is 0 Å². The van der Waals surface area contributed by atoms with Gasteiger partial charge in [0.25, 0.3) is 0 Å². The summed E-state index contributed by atoms with van der Waals surface area (Å²) in [6.07, 6.45) is 0.926. The van der Waals surface area contributed by atoms with E-state index in [4.69, 9.17) is 11.6 Å². The van der Waals surface area contributed by atoms with Gasteiger partial charge in [0.15, 0.2) is 0 Å². The third-order valence-electron chi connectivity index (χ3n) is 3.88. The summed E-state index contributed by atoms with van der Waals surface area (Å²) in [5.74, 6) is 0.524. The first-order valence-corrected chi connectivity index (χ1v) is 7.15. The summed E-state index contributed by atoms with van der Waals surface area (Å²) in [5.41, 5.74) is 2.97. The van der Waals surface area contributed by atoms with E-state index < -0.39 is 0 Å². The van der Waals surface area contributed by atoms with Crippen LogP contribution in [0.1, 0.15) is 23.5 Å². The number of carbonyl (C=O) groups is 1. The molecule has 2 aromatic rings. The van der Waals surface area contributed by atoms with E-state index in [-0.39, 0.29) is 11.8 Å². The van der Waals surface area contributed by atoms with Gasteiger partial charge in [0, 0.05) is 16.6 Å². The van der Waals surface area contributed by atoms with Crippen LogP contribution in [-0.2, 0) is 4.79 Å².